The fourth-order valence-electron chi connectivity index (χ4n) is 1.92. The van der Waals surface area contributed by atoms with Crippen LogP contribution in [0.5, 0.6) is 0 Å². The minimum atomic E-state index is -0.696. The van der Waals surface area contributed by atoms with Crippen molar-refractivity contribution in [1.29, 1.82) is 0 Å². The van der Waals surface area contributed by atoms with Crippen LogP contribution in [0.2, 0.25) is 0 Å². The fraction of sp³-hybridized carbons (Fsp3) is 0.917. The lowest BCUT2D eigenvalue weighted by atomic mass is 9.90. The standard InChI is InChI=1S/C12H25NO2/c1-6-12(7-2,11(14)15)13(5)9-8-10(3)4/h10H,6-9H2,1-5H3,(H,14,15). The first-order valence-electron chi connectivity index (χ1n) is 5.85. The summed E-state index contributed by atoms with van der Waals surface area (Å²) in [4.78, 5) is 13.3. The molecule has 0 saturated heterocycles. The van der Waals surface area contributed by atoms with Gasteiger partial charge in [0.25, 0.3) is 0 Å². The maximum absolute atomic E-state index is 11.3. The first-order valence-corrected chi connectivity index (χ1v) is 5.85. The highest BCUT2D eigenvalue weighted by Crippen LogP contribution is 2.23. The van der Waals surface area contributed by atoms with Gasteiger partial charge in [0.15, 0.2) is 0 Å². The van der Waals surface area contributed by atoms with Gasteiger partial charge < -0.3 is 5.11 Å². The third-order valence-electron chi connectivity index (χ3n) is 3.34. The highest BCUT2D eigenvalue weighted by molar-refractivity contribution is 5.78. The lowest BCUT2D eigenvalue weighted by Gasteiger charge is -2.37. The number of likely N-dealkylation sites (N-methyl/N-ethyl adjacent to an activating group) is 1. The largest absolute Gasteiger partial charge is 0.480 e. The Labute approximate surface area is 93.5 Å². The first-order chi connectivity index (χ1) is 6.90. The Balaban J connectivity index is 4.54. The Bertz CT molecular complexity index is 198. The van der Waals surface area contributed by atoms with Crippen molar-refractivity contribution in [3.63, 3.8) is 0 Å². The van der Waals surface area contributed by atoms with Crippen LogP contribution >= 0.6 is 0 Å². The van der Waals surface area contributed by atoms with Gasteiger partial charge in [0.1, 0.15) is 5.54 Å². The van der Waals surface area contributed by atoms with Gasteiger partial charge in [-0.05, 0) is 38.8 Å². The minimum Gasteiger partial charge on any atom is -0.480 e. The summed E-state index contributed by atoms with van der Waals surface area (Å²) in [6.45, 7) is 9.07. The number of carbonyl (C=O) groups is 1. The topological polar surface area (TPSA) is 40.5 Å². The van der Waals surface area contributed by atoms with Crippen molar-refractivity contribution in [3.05, 3.63) is 0 Å². The van der Waals surface area contributed by atoms with Crippen LogP contribution in [-0.4, -0.2) is 35.1 Å². The summed E-state index contributed by atoms with van der Waals surface area (Å²) in [5, 5.41) is 9.32. The van der Waals surface area contributed by atoms with Crippen molar-refractivity contribution in [2.24, 2.45) is 5.92 Å². The molecule has 0 fully saturated rings. The second-order valence-corrected chi connectivity index (χ2v) is 4.65. The zero-order valence-corrected chi connectivity index (χ0v) is 10.7. The molecule has 1 N–H and O–H groups in total. The Morgan fingerprint density at radius 1 is 1.33 bits per heavy atom. The third-order valence-corrected chi connectivity index (χ3v) is 3.34. The number of carboxylic acids is 1. The summed E-state index contributed by atoms with van der Waals surface area (Å²) in [5.74, 6) is -0.0774. The Hall–Kier alpha value is -0.570. The monoisotopic (exact) mass is 215 g/mol. The van der Waals surface area contributed by atoms with Crippen LogP contribution in [0.1, 0.15) is 47.0 Å². The van der Waals surface area contributed by atoms with Crippen molar-refractivity contribution in [3.8, 4) is 0 Å². The third kappa shape index (κ3) is 3.49. The molecule has 0 amide bonds. The molecule has 90 valence electrons. The SMILES string of the molecule is CCC(CC)(C(=O)O)N(C)CCC(C)C. The van der Waals surface area contributed by atoms with E-state index in [1.807, 2.05) is 25.8 Å². The van der Waals surface area contributed by atoms with E-state index in [9.17, 15) is 9.90 Å². The van der Waals surface area contributed by atoms with Crippen LogP contribution in [-0.2, 0) is 4.79 Å². The quantitative estimate of drug-likeness (QED) is 0.709. The average molecular weight is 215 g/mol. The number of aliphatic carboxylic acids is 1. The number of hydrogen-bond acceptors (Lipinski definition) is 2. The van der Waals surface area contributed by atoms with E-state index in [2.05, 4.69) is 13.8 Å². The van der Waals surface area contributed by atoms with Crippen molar-refractivity contribution in [1.82, 2.24) is 4.90 Å². The lowest BCUT2D eigenvalue weighted by molar-refractivity contribution is -0.151. The summed E-state index contributed by atoms with van der Waals surface area (Å²) in [7, 11) is 1.92. The van der Waals surface area contributed by atoms with Gasteiger partial charge >= 0.3 is 5.97 Å². The van der Waals surface area contributed by atoms with Gasteiger partial charge in [-0.2, -0.15) is 0 Å². The normalized spacial score (nSPS) is 12.5. The van der Waals surface area contributed by atoms with Crippen molar-refractivity contribution in [2.75, 3.05) is 13.6 Å². The van der Waals surface area contributed by atoms with Gasteiger partial charge in [-0.1, -0.05) is 27.7 Å². The minimum absolute atomic E-state index is 0.618. The summed E-state index contributed by atoms with van der Waals surface area (Å²) < 4.78 is 0. The van der Waals surface area contributed by atoms with E-state index in [0.29, 0.717) is 18.8 Å². The molecule has 0 aliphatic rings. The molecule has 0 bridgehead atoms. The molecule has 15 heavy (non-hydrogen) atoms. The zero-order chi connectivity index (χ0) is 12.1. The molecule has 0 spiro atoms. The molecule has 0 aromatic rings. The number of hydrogen-bond donors (Lipinski definition) is 1. The molecular weight excluding hydrogens is 190 g/mol. The van der Waals surface area contributed by atoms with Crippen LogP contribution in [0.15, 0.2) is 0 Å². The average Bonchev–Trinajstić information content (AvgIpc) is 2.17. The Kier molecular flexibility index (Phi) is 5.88. The van der Waals surface area contributed by atoms with E-state index in [4.69, 9.17) is 0 Å². The molecule has 0 radical (unpaired) electrons. The molecule has 0 unspecified atom stereocenters. The van der Waals surface area contributed by atoms with Crippen LogP contribution in [0.4, 0.5) is 0 Å². The summed E-state index contributed by atoms with van der Waals surface area (Å²) in [6, 6.07) is 0. The zero-order valence-electron chi connectivity index (χ0n) is 10.7. The van der Waals surface area contributed by atoms with E-state index in [1.54, 1.807) is 0 Å². The maximum atomic E-state index is 11.3. The van der Waals surface area contributed by atoms with Crippen molar-refractivity contribution in [2.45, 2.75) is 52.5 Å². The Morgan fingerprint density at radius 2 is 1.80 bits per heavy atom. The highest BCUT2D eigenvalue weighted by Gasteiger charge is 2.38. The molecule has 3 heteroatoms. The van der Waals surface area contributed by atoms with Gasteiger partial charge in [0.05, 0.1) is 0 Å². The molecule has 0 rings (SSSR count). The smallest absolute Gasteiger partial charge is 0.324 e. The molecule has 3 nitrogen and oxygen atoms in total. The summed E-state index contributed by atoms with van der Waals surface area (Å²) in [5.41, 5.74) is -0.672. The van der Waals surface area contributed by atoms with Crippen molar-refractivity contribution < 1.29 is 9.90 Å². The molecule has 0 atom stereocenters. The number of nitrogens with zero attached hydrogens (tertiary/aromatic N) is 1. The van der Waals surface area contributed by atoms with Gasteiger partial charge in [-0.3, -0.25) is 9.69 Å². The van der Waals surface area contributed by atoms with Crippen LogP contribution in [0.25, 0.3) is 0 Å². The van der Waals surface area contributed by atoms with Crippen LogP contribution in [0.3, 0.4) is 0 Å². The predicted molar refractivity (Wildman–Crippen MR) is 63.0 cm³/mol. The van der Waals surface area contributed by atoms with Gasteiger partial charge in [-0.25, -0.2) is 0 Å². The van der Waals surface area contributed by atoms with Crippen LogP contribution in [0, 0.1) is 5.92 Å². The predicted octanol–water partition coefficient (Wildman–Crippen LogP) is 2.61. The van der Waals surface area contributed by atoms with Crippen LogP contribution < -0.4 is 0 Å². The molecule has 0 aromatic carbocycles. The molecule has 0 saturated carbocycles. The molecule has 0 aliphatic heterocycles. The number of rotatable bonds is 7. The fourth-order valence-corrected chi connectivity index (χ4v) is 1.92. The van der Waals surface area contributed by atoms with E-state index in [0.717, 1.165) is 13.0 Å². The maximum Gasteiger partial charge on any atom is 0.324 e. The number of carboxylic acid groups (broad SMARTS) is 1. The van der Waals surface area contributed by atoms with Gasteiger partial charge in [0.2, 0.25) is 0 Å². The van der Waals surface area contributed by atoms with Crippen molar-refractivity contribution >= 4 is 5.97 Å². The molecule has 0 heterocycles. The van der Waals surface area contributed by atoms with Gasteiger partial charge in [-0.15, -0.1) is 0 Å². The van der Waals surface area contributed by atoms with Gasteiger partial charge in [0, 0.05) is 0 Å². The summed E-state index contributed by atoms with van der Waals surface area (Å²) >= 11 is 0. The second kappa shape index (κ2) is 6.11. The Morgan fingerprint density at radius 3 is 2.07 bits per heavy atom. The molecule has 0 aliphatic carbocycles. The highest BCUT2D eigenvalue weighted by atomic mass is 16.4. The lowest BCUT2D eigenvalue weighted by Crippen LogP contribution is -2.52. The van der Waals surface area contributed by atoms with E-state index < -0.39 is 11.5 Å². The van der Waals surface area contributed by atoms with E-state index >= 15 is 0 Å². The van der Waals surface area contributed by atoms with E-state index in [-0.39, 0.29) is 0 Å². The molecular formula is C12H25NO2. The summed E-state index contributed by atoms with van der Waals surface area (Å²) in [6.07, 6.45) is 2.37. The second-order valence-electron chi connectivity index (χ2n) is 4.65. The first kappa shape index (κ1) is 14.4. The molecule has 0 aromatic heterocycles. The van der Waals surface area contributed by atoms with E-state index in [1.165, 1.54) is 0 Å².